The molecule has 1 atom stereocenters. The molecule has 1 aromatic rings. The highest BCUT2D eigenvalue weighted by molar-refractivity contribution is 5.47. The summed E-state index contributed by atoms with van der Waals surface area (Å²) in [5.74, 6) is 0. The zero-order valence-electron chi connectivity index (χ0n) is 8.23. The highest BCUT2D eigenvalue weighted by atomic mass is 16.5. The van der Waals surface area contributed by atoms with Gasteiger partial charge in [0.15, 0.2) is 0 Å². The van der Waals surface area contributed by atoms with Crippen molar-refractivity contribution in [1.82, 2.24) is 0 Å². The summed E-state index contributed by atoms with van der Waals surface area (Å²) in [5.41, 5.74) is 1.17. The number of rotatable bonds is 4. The van der Waals surface area contributed by atoms with Gasteiger partial charge in [0.25, 0.3) is 0 Å². The summed E-state index contributed by atoms with van der Waals surface area (Å²) in [5, 5.41) is 0. The molecule has 0 N–H and O–H groups in total. The van der Waals surface area contributed by atoms with Crippen LogP contribution in [-0.4, -0.2) is 6.10 Å². The van der Waals surface area contributed by atoms with Gasteiger partial charge in [-0.2, -0.15) is 0 Å². The van der Waals surface area contributed by atoms with Gasteiger partial charge in [0, 0.05) is 0 Å². The molecule has 1 rings (SSSR count). The van der Waals surface area contributed by atoms with Crippen molar-refractivity contribution < 1.29 is 4.74 Å². The Kier molecular flexibility index (Phi) is 4.10. The Morgan fingerprint density at radius 2 is 2.00 bits per heavy atom. The van der Waals surface area contributed by atoms with Gasteiger partial charge in [-0.25, -0.2) is 0 Å². The van der Waals surface area contributed by atoms with E-state index in [1.165, 1.54) is 5.56 Å². The summed E-state index contributed by atoms with van der Waals surface area (Å²) in [4.78, 5) is 0. The molecule has 1 nitrogen and oxygen atoms in total. The first-order valence-corrected chi connectivity index (χ1v) is 4.70. The van der Waals surface area contributed by atoms with Crippen molar-refractivity contribution >= 4 is 6.08 Å². The Morgan fingerprint density at radius 3 is 2.62 bits per heavy atom. The maximum absolute atomic E-state index is 5.41. The topological polar surface area (TPSA) is 9.23 Å². The van der Waals surface area contributed by atoms with Crippen molar-refractivity contribution in [3.05, 3.63) is 42.2 Å². The Bertz CT molecular complexity index is 251. The molecular weight excluding hydrogens is 160 g/mol. The molecule has 0 fully saturated rings. The van der Waals surface area contributed by atoms with E-state index >= 15 is 0 Å². The van der Waals surface area contributed by atoms with E-state index in [2.05, 4.69) is 26.0 Å². The molecule has 0 amide bonds. The largest absolute Gasteiger partial charge is 0.498 e. The van der Waals surface area contributed by atoms with E-state index in [1.807, 2.05) is 24.3 Å². The zero-order chi connectivity index (χ0) is 9.52. The standard InChI is InChI=1S/C12H16O/c1-3-11(2)13-10-9-12-7-5-4-6-8-12/h4-11H,3H2,1-2H3/b10-9+. The van der Waals surface area contributed by atoms with Crippen LogP contribution in [0.3, 0.4) is 0 Å². The SMILES string of the molecule is CCC(C)O/C=C/c1ccccc1. The molecule has 0 aliphatic rings. The number of ether oxygens (including phenoxy) is 1. The average molecular weight is 176 g/mol. The van der Waals surface area contributed by atoms with Crippen LogP contribution in [0.15, 0.2) is 36.6 Å². The lowest BCUT2D eigenvalue weighted by Crippen LogP contribution is -1.99. The Morgan fingerprint density at radius 1 is 1.31 bits per heavy atom. The van der Waals surface area contributed by atoms with E-state index in [0.29, 0.717) is 6.10 Å². The normalized spacial score (nSPS) is 13.1. The second kappa shape index (κ2) is 5.41. The predicted octanol–water partition coefficient (Wildman–Crippen LogP) is 3.47. The molecule has 0 aliphatic carbocycles. The lowest BCUT2D eigenvalue weighted by molar-refractivity contribution is 0.160. The third-order valence-corrected chi connectivity index (χ3v) is 1.95. The first kappa shape index (κ1) is 9.85. The summed E-state index contributed by atoms with van der Waals surface area (Å²) in [6, 6.07) is 10.1. The van der Waals surface area contributed by atoms with Gasteiger partial charge in [-0.15, -0.1) is 0 Å². The maximum Gasteiger partial charge on any atom is 0.0947 e. The average Bonchev–Trinajstić information content (AvgIpc) is 2.19. The van der Waals surface area contributed by atoms with Crippen molar-refractivity contribution in [1.29, 1.82) is 0 Å². The lowest BCUT2D eigenvalue weighted by Gasteiger charge is -2.06. The van der Waals surface area contributed by atoms with Crippen LogP contribution in [-0.2, 0) is 4.74 Å². The smallest absolute Gasteiger partial charge is 0.0947 e. The summed E-state index contributed by atoms with van der Waals surface area (Å²) in [6.45, 7) is 4.18. The van der Waals surface area contributed by atoms with Crippen molar-refractivity contribution in [2.45, 2.75) is 26.4 Å². The molecule has 1 unspecified atom stereocenters. The molecule has 70 valence electrons. The van der Waals surface area contributed by atoms with Crippen molar-refractivity contribution in [2.75, 3.05) is 0 Å². The van der Waals surface area contributed by atoms with Crippen molar-refractivity contribution in [3.8, 4) is 0 Å². The van der Waals surface area contributed by atoms with Crippen LogP contribution in [0, 0.1) is 0 Å². The van der Waals surface area contributed by atoms with E-state index in [1.54, 1.807) is 6.26 Å². The highest BCUT2D eigenvalue weighted by Gasteiger charge is 1.92. The highest BCUT2D eigenvalue weighted by Crippen LogP contribution is 2.03. The molecule has 0 aliphatic heterocycles. The van der Waals surface area contributed by atoms with E-state index in [0.717, 1.165) is 6.42 Å². The van der Waals surface area contributed by atoms with Crippen LogP contribution >= 0.6 is 0 Å². The lowest BCUT2D eigenvalue weighted by atomic mass is 10.2. The fraction of sp³-hybridized carbons (Fsp3) is 0.333. The number of benzene rings is 1. The molecule has 1 aromatic carbocycles. The third kappa shape index (κ3) is 3.79. The van der Waals surface area contributed by atoms with Crippen LogP contribution < -0.4 is 0 Å². The second-order valence-electron chi connectivity index (χ2n) is 3.07. The second-order valence-corrected chi connectivity index (χ2v) is 3.07. The molecular formula is C12H16O. The first-order chi connectivity index (χ1) is 6.33. The quantitative estimate of drug-likeness (QED) is 0.638. The van der Waals surface area contributed by atoms with Crippen LogP contribution in [0.5, 0.6) is 0 Å². The molecule has 0 bridgehead atoms. The van der Waals surface area contributed by atoms with Gasteiger partial charge in [-0.1, -0.05) is 37.3 Å². The number of hydrogen-bond donors (Lipinski definition) is 0. The van der Waals surface area contributed by atoms with Gasteiger partial charge >= 0.3 is 0 Å². The van der Waals surface area contributed by atoms with E-state index < -0.39 is 0 Å². The minimum atomic E-state index is 0.306. The van der Waals surface area contributed by atoms with Crippen LogP contribution in [0.1, 0.15) is 25.8 Å². The van der Waals surface area contributed by atoms with E-state index in [4.69, 9.17) is 4.74 Å². The summed E-state index contributed by atoms with van der Waals surface area (Å²) >= 11 is 0. The minimum Gasteiger partial charge on any atom is -0.498 e. The molecule has 0 heterocycles. The van der Waals surface area contributed by atoms with Gasteiger partial charge in [0.05, 0.1) is 12.4 Å². The summed E-state index contributed by atoms with van der Waals surface area (Å²) < 4.78 is 5.41. The molecule has 0 saturated carbocycles. The van der Waals surface area contributed by atoms with E-state index in [-0.39, 0.29) is 0 Å². The van der Waals surface area contributed by atoms with Crippen molar-refractivity contribution in [2.24, 2.45) is 0 Å². The van der Waals surface area contributed by atoms with Crippen LogP contribution in [0.25, 0.3) is 6.08 Å². The Hall–Kier alpha value is -1.24. The maximum atomic E-state index is 5.41. The third-order valence-electron chi connectivity index (χ3n) is 1.95. The first-order valence-electron chi connectivity index (χ1n) is 4.70. The van der Waals surface area contributed by atoms with Crippen LogP contribution in [0.4, 0.5) is 0 Å². The van der Waals surface area contributed by atoms with Gasteiger partial charge in [-0.3, -0.25) is 0 Å². The van der Waals surface area contributed by atoms with E-state index in [9.17, 15) is 0 Å². The molecule has 1 heteroatoms. The molecule has 0 radical (unpaired) electrons. The molecule has 0 aromatic heterocycles. The minimum absolute atomic E-state index is 0.306. The molecule has 0 spiro atoms. The summed E-state index contributed by atoms with van der Waals surface area (Å²) in [7, 11) is 0. The molecule has 0 saturated heterocycles. The van der Waals surface area contributed by atoms with Gasteiger partial charge in [-0.05, 0) is 25.0 Å². The fourth-order valence-electron chi connectivity index (χ4n) is 0.912. The van der Waals surface area contributed by atoms with Crippen LogP contribution in [0.2, 0.25) is 0 Å². The van der Waals surface area contributed by atoms with Gasteiger partial charge in [0.2, 0.25) is 0 Å². The fourth-order valence-corrected chi connectivity index (χ4v) is 0.912. The monoisotopic (exact) mass is 176 g/mol. The Labute approximate surface area is 80.0 Å². The van der Waals surface area contributed by atoms with Crippen molar-refractivity contribution in [3.63, 3.8) is 0 Å². The summed E-state index contributed by atoms with van der Waals surface area (Å²) in [6.07, 6.45) is 5.09. The van der Waals surface area contributed by atoms with Gasteiger partial charge < -0.3 is 4.74 Å². The number of hydrogen-bond acceptors (Lipinski definition) is 1. The zero-order valence-corrected chi connectivity index (χ0v) is 8.23. The van der Waals surface area contributed by atoms with Gasteiger partial charge in [0.1, 0.15) is 0 Å². The predicted molar refractivity (Wildman–Crippen MR) is 56.3 cm³/mol. The Balaban J connectivity index is 2.41. The molecule has 13 heavy (non-hydrogen) atoms.